The predicted octanol–water partition coefficient (Wildman–Crippen LogP) is 4.14. The molecule has 0 amide bonds. The number of methoxy groups -OCH3 is 2. The van der Waals surface area contributed by atoms with E-state index in [1.165, 1.54) is 18.2 Å². The van der Waals surface area contributed by atoms with Crippen molar-refractivity contribution in [3.05, 3.63) is 65.3 Å². The van der Waals surface area contributed by atoms with Gasteiger partial charge in [0.15, 0.2) is 11.5 Å². The van der Waals surface area contributed by atoms with Gasteiger partial charge in [-0.3, -0.25) is 0 Å². The van der Waals surface area contributed by atoms with E-state index < -0.39 is 15.8 Å². The molecule has 8 nitrogen and oxygen atoms in total. The number of hydrogen-bond acceptors (Lipinski definition) is 8. The second kappa shape index (κ2) is 9.69. The Balaban J connectivity index is 1.42. The number of nitrogens with one attached hydrogen (secondary N) is 1. The lowest BCUT2D eigenvalue weighted by Gasteiger charge is -2.10. The highest BCUT2D eigenvalue weighted by Crippen LogP contribution is 2.30. The maximum atomic E-state index is 13.4. The Bertz CT molecular complexity index is 1370. The van der Waals surface area contributed by atoms with Crippen LogP contribution in [0.2, 0.25) is 0 Å². The number of benzene rings is 2. The highest BCUT2D eigenvalue weighted by atomic mass is 32.2. The number of hydrogen-bond donors (Lipinski definition) is 1. The average molecular weight is 490 g/mol. The Labute approximate surface area is 194 Å². The maximum absolute atomic E-state index is 13.4. The molecule has 11 heteroatoms. The quantitative estimate of drug-likeness (QED) is 0.377. The highest BCUT2D eigenvalue weighted by molar-refractivity contribution is 7.91. The first-order valence-electron chi connectivity index (χ1n) is 9.79. The van der Waals surface area contributed by atoms with E-state index in [-0.39, 0.29) is 22.5 Å². The molecule has 0 radical (unpaired) electrons. The molecule has 0 bridgehead atoms. The van der Waals surface area contributed by atoms with Crippen molar-refractivity contribution in [1.82, 2.24) is 14.9 Å². The van der Waals surface area contributed by atoms with Crippen LogP contribution in [0.5, 0.6) is 11.5 Å². The van der Waals surface area contributed by atoms with Crippen molar-refractivity contribution in [2.24, 2.45) is 0 Å². The van der Waals surface area contributed by atoms with Gasteiger partial charge in [0.25, 0.3) is 5.89 Å². The molecule has 0 spiro atoms. The SMILES string of the molecule is COc1ccc(CCNS(=O)(=O)c2cc(-c3nc(-c4cccc(F)c4)no3)cs2)cc1OC. The standard InChI is InChI=1S/C22H20FN3O5S2/c1-29-18-7-6-14(10-19(18)30-2)8-9-24-33(27,28)20-12-16(13-32-20)22-25-21(26-31-22)15-4-3-5-17(23)11-15/h3-7,10-13,24H,8-9H2,1-2H3. The van der Waals surface area contributed by atoms with Crippen molar-refractivity contribution < 1.29 is 26.8 Å². The molecule has 2 heterocycles. The third kappa shape index (κ3) is 5.21. The summed E-state index contributed by atoms with van der Waals surface area (Å²) in [4.78, 5) is 4.24. The lowest BCUT2D eigenvalue weighted by atomic mass is 10.1. The smallest absolute Gasteiger partial charge is 0.259 e. The van der Waals surface area contributed by atoms with Crippen LogP contribution in [0.25, 0.3) is 22.8 Å². The van der Waals surface area contributed by atoms with E-state index in [1.54, 1.807) is 37.8 Å². The Morgan fingerprint density at radius 2 is 1.88 bits per heavy atom. The normalized spacial score (nSPS) is 11.5. The summed E-state index contributed by atoms with van der Waals surface area (Å²) in [5.74, 6) is 1.14. The van der Waals surface area contributed by atoms with Crippen molar-refractivity contribution in [2.75, 3.05) is 20.8 Å². The molecule has 1 N–H and O–H groups in total. The fourth-order valence-corrected chi connectivity index (χ4v) is 5.32. The summed E-state index contributed by atoms with van der Waals surface area (Å²) in [6.45, 7) is 0.204. The summed E-state index contributed by atoms with van der Waals surface area (Å²) in [6.07, 6.45) is 0.471. The van der Waals surface area contributed by atoms with E-state index in [0.29, 0.717) is 29.0 Å². The molecule has 4 rings (SSSR count). The van der Waals surface area contributed by atoms with Gasteiger partial charge in [-0.1, -0.05) is 23.4 Å². The monoisotopic (exact) mass is 489 g/mol. The van der Waals surface area contributed by atoms with Crippen LogP contribution in [0.1, 0.15) is 5.56 Å². The van der Waals surface area contributed by atoms with E-state index in [9.17, 15) is 12.8 Å². The molecule has 0 atom stereocenters. The summed E-state index contributed by atoms with van der Waals surface area (Å²) in [7, 11) is -0.626. The van der Waals surface area contributed by atoms with Gasteiger partial charge in [-0.2, -0.15) is 4.98 Å². The highest BCUT2D eigenvalue weighted by Gasteiger charge is 2.20. The van der Waals surface area contributed by atoms with E-state index in [1.807, 2.05) is 12.1 Å². The van der Waals surface area contributed by atoms with Crippen LogP contribution >= 0.6 is 11.3 Å². The number of aromatic nitrogens is 2. The Morgan fingerprint density at radius 1 is 1.06 bits per heavy atom. The molecule has 4 aromatic rings. The van der Waals surface area contributed by atoms with Crippen LogP contribution in [-0.2, 0) is 16.4 Å². The first kappa shape index (κ1) is 22.9. The van der Waals surface area contributed by atoms with Crippen LogP contribution in [0.15, 0.2) is 62.6 Å². The second-order valence-corrected chi connectivity index (χ2v) is 9.83. The van der Waals surface area contributed by atoms with Crippen LogP contribution in [0.4, 0.5) is 4.39 Å². The number of ether oxygens (including phenoxy) is 2. The molecule has 0 aliphatic rings. The minimum atomic E-state index is -3.72. The lowest BCUT2D eigenvalue weighted by molar-refractivity contribution is 0.354. The van der Waals surface area contributed by atoms with Crippen LogP contribution in [0.3, 0.4) is 0 Å². The van der Waals surface area contributed by atoms with Crippen LogP contribution < -0.4 is 14.2 Å². The minimum Gasteiger partial charge on any atom is -0.493 e. The van der Waals surface area contributed by atoms with E-state index >= 15 is 0 Å². The Hall–Kier alpha value is -3.28. The van der Waals surface area contributed by atoms with E-state index in [2.05, 4.69) is 14.9 Å². The molecule has 0 aliphatic carbocycles. The topological polar surface area (TPSA) is 104 Å². The van der Waals surface area contributed by atoms with Crippen molar-refractivity contribution in [2.45, 2.75) is 10.6 Å². The second-order valence-electron chi connectivity index (χ2n) is 6.93. The number of sulfonamides is 1. The molecule has 0 unspecified atom stereocenters. The van der Waals surface area contributed by atoms with Gasteiger partial charge in [0, 0.05) is 17.5 Å². The van der Waals surface area contributed by atoms with Gasteiger partial charge < -0.3 is 14.0 Å². The van der Waals surface area contributed by atoms with Gasteiger partial charge in [-0.05, 0) is 42.3 Å². The largest absolute Gasteiger partial charge is 0.493 e. The molecule has 0 aliphatic heterocycles. The number of halogens is 1. The average Bonchev–Trinajstić information content (AvgIpc) is 3.49. The molecule has 2 aromatic heterocycles. The lowest BCUT2D eigenvalue weighted by Crippen LogP contribution is -2.25. The maximum Gasteiger partial charge on any atom is 0.259 e. The Morgan fingerprint density at radius 3 is 2.64 bits per heavy atom. The summed E-state index contributed by atoms with van der Waals surface area (Å²) in [6, 6.07) is 12.7. The van der Waals surface area contributed by atoms with E-state index in [0.717, 1.165) is 16.9 Å². The first-order chi connectivity index (χ1) is 15.9. The first-order valence-corrected chi connectivity index (χ1v) is 12.1. The van der Waals surface area contributed by atoms with E-state index in [4.69, 9.17) is 14.0 Å². The minimum absolute atomic E-state index is 0.121. The van der Waals surface area contributed by atoms with Gasteiger partial charge in [-0.15, -0.1) is 11.3 Å². The number of rotatable bonds is 9. The molecule has 33 heavy (non-hydrogen) atoms. The van der Waals surface area contributed by atoms with Crippen LogP contribution in [-0.4, -0.2) is 39.3 Å². The van der Waals surface area contributed by atoms with Crippen molar-refractivity contribution in [3.8, 4) is 34.3 Å². The third-order valence-electron chi connectivity index (χ3n) is 4.75. The number of thiophene rings is 1. The predicted molar refractivity (Wildman–Crippen MR) is 121 cm³/mol. The molecule has 0 saturated heterocycles. The van der Waals surface area contributed by atoms with Gasteiger partial charge in [-0.25, -0.2) is 17.5 Å². The summed E-state index contributed by atoms with van der Waals surface area (Å²) in [5.41, 5.74) is 1.83. The fraction of sp³-hybridized carbons (Fsp3) is 0.182. The van der Waals surface area contributed by atoms with Crippen molar-refractivity contribution in [1.29, 1.82) is 0 Å². The fourth-order valence-electron chi connectivity index (χ4n) is 3.09. The zero-order valence-corrected chi connectivity index (χ0v) is 19.4. The zero-order valence-electron chi connectivity index (χ0n) is 17.7. The molecule has 0 fully saturated rings. The molecular formula is C22H20FN3O5S2. The molecular weight excluding hydrogens is 469 g/mol. The van der Waals surface area contributed by atoms with Crippen LogP contribution in [0, 0.1) is 5.82 Å². The van der Waals surface area contributed by atoms with Crippen molar-refractivity contribution >= 4 is 21.4 Å². The van der Waals surface area contributed by atoms with Crippen molar-refractivity contribution in [3.63, 3.8) is 0 Å². The summed E-state index contributed by atoms with van der Waals surface area (Å²) >= 11 is 1.04. The van der Waals surface area contributed by atoms with Gasteiger partial charge in [0.1, 0.15) is 10.0 Å². The van der Waals surface area contributed by atoms with Gasteiger partial charge in [0.05, 0.1) is 19.8 Å². The summed E-state index contributed by atoms with van der Waals surface area (Å²) in [5, 5.41) is 5.47. The molecule has 2 aromatic carbocycles. The summed E-state index contributed by atoms with van der Waals surface area (Å²) < 4.78 is 57.3. The third-order valence-corrected chi connectivity index (χ3v) is 7.65. The van der Waals surface area contributed by atoms with Gasteiger partial charge in [0.2, 0.25) is 15.8 Å². The zero-order chi connectivity index (χ0) is 23.4. The molecule has 172 valence electrons. The Kier molecular flexibility index (Phi) is 6.72. The number of nitrogens with zero attached hydrogens (tertiary/aromatic N) is 2. The van der Waals surface area contributed by atoms with Gasteiger partial charge >= 0.3 is 0 Å². The molecule has 0 saturated carbocycles.